The number of nitrogens with zero attached hydrogens (tertiary/aromatic N) is 1. The van der Waals surface area contributed by atoms with Crippen LogP contribution in [0.25, 0.3) is 10.1 Å². The van der Waals surface area contributed by atoms with E-state index >= 15 is 0 Å². The Morgan fingerprint density at radius 1 is 1.50 bits per heavy atom. The van der Waals surface area contributed by atoms with E-state index in [0.717, 1.165) is 10.1 Å². The molecule has 0 fully saturated rings. The summed E-state index contributed by atoms with van der Waals surface area (Å²) in [5, 5.41) is 0.730. The van der Waals surface area contributed by atoms with Crippen LogP contribution in [0, 0.1) is 0 Å². The number of benzene rings is 1. The molecule has 0 radical (unpaired) electrons. The Morgan fingerprint density at radius 2 is 2.21 bits per heavy atom. The Hall–Kier alpha value is -1.20. The van der Waals surface area contributed by atoms with E-state index in [-0.39, 0.29) is 5.56 Å². The highest BCUT2D eigenvalue weighted by atomic mass is 32.1. The predicted octanol–water partition coefficient (Wildman–Crippen LogP) is 1.35. The van der Waals surface area contributed by atoms with Crippen LogP contribution in [0.15, 0.2) is 29.1 Å². The molecule has 0 unspecified atom stereocenters. The van der Waals surface area contributed by atoms with Gasteiger partial charge in [-0.2, -0.15) is 0 Å². The molecule has 5 heteroatoms. The van der Waals surface area contributed by atoms with Crippen LogP contribution in [0.5, 0.6) is 0 Å². The predicted molar refractivity (Wildman–Crippen MR) is 62.9 cm³/mol. The second kappa shape index (κ2) is 3.51. The second-order valence-corrected chi connectivity index (χ2v) is 4.48. The van der Waals surface area contributed by atoms with E-state index in [2.05, 4.69) is 0 Å². The minimum absolute atomic E-state index is 0.0154. The lowest BCUT2D eigenvalue weighted by Gasteiger charge is -1.94. The van der Waals surface area contributed by atoms with Gasteiger partial charge >= 0.3 is 0 Å². The molecule has 0 atom stereocenters. The normalized spacial score (nSPS) is 10.6. The maximum Gasteiger partial charge on any atom is 0.268 e. The lowest BCUT2D eigenvalue weighted by Crippen LogP contribution is -2.22. The van der Waals surface area contributed by atoms with E-state index < -0.39 is 0 Å². The number of hydrogen-bond acceptors (Lipinski definition) is 3. The van der Waals surface area contributed by atoms with Crippen LogP contribution in [0.3, 0.4) is 0 Å². The van der Waals surface area contributed by atoms with Gasteiger partial charge in [0.15, 0.2) is 0 Å². The number of hydrogen-bond donors (Lipinski definition) is 1. The molecule has 2 rings (SSSR count). The fraction of sp³-hybridized carbons (Fsp3) is 0.111. The summed E-state index contributed by atoms with van der Waals surface area (Å²) in [5.74, 6) is 0. The fourth-order valence-corrected chi connectivity index (χ4v) is 2.49. The summed E-state index contributed by atoms with van der Waals surface area (Å²) in [6, 6.07) is 7.48. The monoisotopic (exact) mass is 224 g/mol. The Balaban J connectivity index is 2.63. The molecule has 1 aromatic heterocycles. The fourth-order valence-electron chi connectivity index (χ4n) is 1.26. The maximum absolute atomic E-state index is 11.7. The largest absolute Gasteiger partial charge is 0.392 e. The van der Waals surface area contributed by atoms with Crippen molar-refractivity contribution in [1.29, 1.82) is 0 Å². The molecule has 0 saturated heterocycles. The summed E-state index contributed by atoms with van der Waals surface area (Å²) in [4.78, 5) is 12.1. The molecule has 14 heavy (non-hydrogen) atoms. The first kappa shape index (κ1) is 9.36. The SMILES string of the molecule is NC(=S)Cn1sc2ccccc2c1=O. The molecule has 2 N–H and O–H groups in total. The standard InChI is InChI=1S/C9H8N2OS2/c10-8(13)5-11-9(12)6-3-1-2-4-7(6)14-11/h1-4H,5H2,(H2,10,13). The van der Waals surface area contributed by atoms with Crippen molar-refractivity contribution in [2.24, 2.45) is 5.73 Å². The first-order valence-electron chi connectivity index (χ1n) is 4.05. The third-order valence-corrected chi connectivity index (χ3v) is 3.05. The molecule has 0 aliphatic carbocycles. The molecule has 1 heterocycles. The first-order chi connectivity index (χ1) is 6.68. The molecule has 0 spiro atoms. The lowest BCUT2D eigenvalue weighted by atomic mass is 10.3. The van der Waals surface area contributed by atoms with Gasteiger partial charge in [0.1, 0.15) is 0 Å². The average Bonchev–Trinajstić information content (AvgIpc) is 2.44. The minimum atomic E-state index is -0.0154. The summed E-state index contributed by atoms with van der Waals surface area (Å²) >= 11 is 6.16. The number of aromatic nitrogens is 1. The molecule has 3 nitrogen and oxygen atoms in total. The van der Waals surface area contributed by atoms with Crippen LogP contribution in [-0.4, -0.2) is 8.95 Å². The molecule has 0 bridgehead atoms. The first-order valence-corrected chi connectivity index (χ1v) is 5.24. The smallest absolute Gasteiger partial charge is 0.268 e. The van der Waals surface area contributed by atoms with E-state index in [1.54, 1.807) is 3.96 Å². The summed E-state index contributed by atoms with van der Waals surface area (Å²) in [7, 11) is 0. The van der Waals surface area contributed by atoms with Crippen LogP contribution in [0.2, 0.25) is 0 Å². The van der Waals surface area contributed by atoms with Gasteiger partial charge in [-0.3, -0.25) is 8.75 Å². The lowest BCUT2D eigenvalue weighted by molar-refractivity contribution is 0.920. The van der Waals surface area contributed by atoms with Crippen molar-refractivity contribution in [3.05, 3.63) is 34.6 Å². The zero-order valence-electron chi connectivity index (χ0n) is 7.27. The summed E-state index contributed by atoms with van der Waals surface area (Å²) in [5.41, 5.74) is 5.38. The zero-order chi connectivity index (χ0) is 10.1. The van der Waals surface area contributed by atoms with Gasteiger partial charge in [-0.1, -0.05) is 35.9 Å². The third-order valence-electron chi connectivity index (χ3n) is 1.85. The molecular weight excluding hydrogens is 216 g/mol. The van der Waals surface area contributed by atoms with E-state index in [0.29, 0.717) is 11.5 Å². The van der Waals surface area contributed by atoms with Crippen molar-refractivity contribution in [2.45, 2.75) is 6.54 Å². The van der Waals surface area contributed by atoms with E-state index in [1.807, 2.05) is 24.3 Å². The molecule has 1 aromatic carbocycles. The van der Waals surface area contributed by atoms with Crippen molar-refractivity contribution in [2.75, 3.05) is 0 Å². The number of rotatable bonds is 2. The van der Waals surface area contributed by atoms with Gasteiger partial charge in [0.05, 0.1) is 21.6 Å². The van der Waals surface area contributed by atoms with Crippen molar-refractivity contribution in [3.63, 3.8) is 0 Å². The maximum atomic E-state index is 11.7. The molecule has 72 valence electrons. The Kier molecular flexibility index (Phi) is 2.35. The van der Waals surface area contributed by atoms with Gasteiger partial charge < -0.3 is 5.73 Å². The summed E-state index contributed by atoms with van der Waals surface area (Å²) in [6.07, 6.45) is 0. The van der Waals surface area contributed by atoms with Crippen LogP contribution >= 0.6 is 23.8 Å². The van der Waals surface area contributed by atoms with Crippen LogP contribution in [0.4, 0.5) is 0 Å². The van der Waals surface area contributed by atoms with Gasteiger partial charge in [-0.15, -0.1) is 0 Å². The number of thiocarbonyl (C=S) groups is 1. The van der Waals surface area contributed by atoms with Gasteiger partial charge in [0, 0.05) is 0 Å². The summed E-state index contributed by atoms with van der Waals surface area (Å²) in [6.45, 7) is 0.327. The highest BCUT2D eigenvalue weighted by molar-refractivity contribution is 7.80. The molecular formula is C9H8N2OS2. The van der Waals surface area contributed by atoms with Crippen molar-refractivity contribution in [3.8, 4) is 0 Å². The van der Waals surface area contributed by atoms with Crippen molar-refractivity contribution < 1.29 is 0 Å². The van der Waals surface area contributed by atoms with E-state index in [4.69, 9.17) is 18.0 Å². The van der Waals surface area contributed by atoms with E-state index in [9.17, 15) is 4.79 Å². The minimum Gasteiger partial charge on any atom is -0.392 e. The van der Waals surface area contributed by atoms with Crippen LogP contribution in [0.1, 0.15) is 0 Å². The highest BCUT2D eigenvalue weighted by Crippen LogP contribution is 2.15. The Labute approximate surface area is 89.9 Å². The highest BCUT2D eigenvalue weighted by Gasteiger charge is 2.06. The van der Waals surface area contributed by atoms with Crippen molar-refractivity contribution in [1.82, 2.24) is 3.96 Å². The number of nitrogens with two attached hydrogens (primary N) is 1. The zero-order valence-corrected chi connectivity index (χ0v) is 8.90. The molecule has 2 aromatic rings. The van der Waals surface area contributed by atoms with Gasteiger partial charge in [-0.05, 0) is 12.1 Å². The second-order valence-electron chi connectivity index (χ2n) is 2.90. The molecule has 0 aliphatic rings. The third kappa shape index (κ3) is 1.56. The van der Waals surface area contributed by atoms with Gasteiger partial charge in [-0.25, -0.2) is 0 Å². The molecule has 0 aliphatic heterocycles. The van der Waals surface area contributed by atoms with Crippen LogP contribution in [-0.2, 0) is 6.54 Å². The van der Waals surface area contributed by atoms with Gasteiger partial charge in [0.2, 0.25) is 0 Å². The Morgan fingerprint density at radius 3 is 2.86 bits per heavy atom. The van der Waals surface area contributed by atoms with E-state index in [1.165, 1.54) is 11.5 Å². The number of fused-ring (bicyclic) bond motifs is 1. The summed E-state index contributed by atoms with van der Waals surface area (Å²) < 4.78 is 2.54. The van der Waals surface area contributed by atoms with Crippen molar-refractivity contribution >= 4 is 38.8 Å². The van der Waals surface area contributed by atoms with Crippen LogP contribution < -0.4 is 11.3 Å². The Bertz CT molecular complexity index is 541. The molecule has 0 saturated carbocycles. The molecule has 0 amide bonds. The topological polar surface area (TPSA) is 48.0 Å². The quantitative estimate of drug-likeness (QED) is 0.783. The average molecular weight is 224 g/mol. The van der Waals surface area contributed by atoms with Gasteiger partial charge in [0.25, 0.3) is 5.56 Å².